The van der Waals surface area contributed by atoms with E-state index in [2.05, 4.69) is 4.90 Å². The summed E-state index contributed by atoms with van der Waals surface area (Å²) >= 11 is 12.1. The van der Waals surface area contributed by atoms with Gasteiger partial charge in [0.25, 0.3) is 0 Å². The summed E-state index contributed by atoms with van der Waals surface area (Å²) < 4.78 is 5.48. The number of carbonyl (C=O) groups is 1. The minimum absolute atomic E-state index is 0.0398. The zero-order valence-corrected chi connectivity index (χ0v) is 15.1. The number of fused-ring (bicyclic) bond motifs is 1. The Morgan fingerprint density at radius 1 is 1.04 bits per heavy atom. The van der Waals surface area contributed by atoms with Crippen LogP contribution in [-0.4, -0.2) is 37.0 Å². The van der Waals surface area contributed by atoms with Gasteiger partial charge in [0, 0.05) is 24.2 Å². The van der Waals surface area contributed by atoms with E-state index in [1.165, 1.54) is 0 Å². The van der Waals surface area contributed by atoms with Crippen LogP contribution in [0.2, 0.25) is 10.0 Å². The number of hydrogen-bond donors (Lipinski definition) is 0. The maximum Gasteiger partial charge on any atom is 0.191 e. The molecular weight excluding hydrogens is 357 g/mol. The Kier molecular flexibility index (Phi) is 4.65. The molecule has 0 aromatic heterocycles. The summed E-state index contributed by atoms with van der Waals surface area (Å²) in [7, 11) is 0. The first-order valence-electron chi connectivity index (χ1n) is 8.27. The van der Waals surface area contributed by atoms with Crippen molar-refractivity contribution in [3.63, 3.8) is 0 Å². The smallest absolute Gasteiger partial charge is 0.191 e. The molecule has 0 bridgehead atoms. The molecule has 2 aliphatic rings. The standard InChI is InChI=1S/C20H17Cl2NO2/c21-17-6-5-13(12-18(17)22)11-16-19(23-7-9-25-10-8-23)14-3-1-2-4-15(14)20(16)24/h1-6,11-12,19H,7-10H2/b16-11+. The number of benzene rings is 2. The molecule has 1 atom stereocenters. The van der Waals surface area contributed by atoms with Gasteiger partial charge in [-0.3, -0.25) is 9.69 Å². The van der Waals surface area contributed by atoms with Crippen molar-refractivity contribution >= 4 is 35.1 Å². The molecular formula is C20H17Cl2NO2. The van der Waals surface area contributed by atoms with Crippen molar-refractivity contribution in [1.82, 2.24) is 4.90 Å². The highest BCUT2D eigenvalue weighted by Gasteiger charge is 2.38. The highest BCUT2D eigenvalue weighted by Crippen LogP contribution is 2.41. The normalized spacial score (nSPS) is 22.4. The van der Waals surface area contributed by atoms with Crippen LogP contribution in [0.3, 0.4) is 0 Å². The minimum Gasteiger partial charge on any atom is -0.379 e. The summed E-state index contributed by atoms with van der Waals surface area (Å²) in [5.41, 5.74) is 3.51. The molecule has 1 heterocycles. The molecule has 5 heteroatoms. The third-order valence-corrected chi connectivity index (χ3v) is 5.47. The minimum atomic E-state index is -0.0398. The molecule has 1 fully saturated rings. The maximum absolute atomic E-state index is 13.0. The van der Waals surface area contributed by atoms with Crippen LogP contribution in [0, 0.1) is 0 Å². The van der Waals surface area contributed by atoms with Gasteiger partial charge in [-0.1, -0.05) is 53.5 Å². The number of ketones is 1. The number of ether oxygens (including phenoxy) is 1. The fourth-order valence-electron chi connectivity index (χ4n) is 3.54. The second-order valence-electron chi connectivity index (χ2n) is 6.24. The Labute approximate surface area is 156 Å². The molecule has 0 N–H and O–H groups in total. The summed E-state index contributed by atoms with van der Waals surface area (Å²) in [6.07, 6.45) is 1.94. The van der Waals surface area contributed by atoms with E-state index >= 15 is 0 Å². The van der Waals surface area contributed by atoms with Crippen LogP contribution in [0.25, 0.3) is 6.08 Å². The first-order valence-corrected chi connectivity index (χ1v) is 9.03. The summed E-state index contributed by atoms with van der Waals surface area (Å²) in [6, 6.07) is 13.2. The van der Waals surface area contributed by atoms with E-state index in [4.69, 9.17) is 27.9 Å². The lowest BCUT2D eigenvalue weighted by molar-refractivity contribution is 0.0242. The van der Waals surface area contributed by atoms with E-state index in [-0.39, 0.29) is 11.8 Å². The Hall–Kier alpha value is -1.65. The molecule has 0 spiro atoms. The lowest BCUT2D eigenvalue weighted by atomic mass is 10.0. The Balaban J connectivity index is 1.80. The Bertz CT molecular complexity index is 857. The molecule has 128 valence electrons. The van der Waals surface area contributed by atoms with Gasteiger partial charge in [-0.15, -0.1) is 0 Å². The molecule has 0 radical (unpaired) electrons. The highest BCUT2D eigenvalue weighted by atomic mass is 35.5. The van der Waals surface area contributed by atoms with Crippen LogP contribution in [0.4, 0.5) is 0 Å². The molecule has 0 saturated carbocycles. The number of nitrogens with zero attached hydrogens (tertiary/aromatic N) is 1. The molecule has 4 rings (SSSR count). The molecule has 25 heavy (non-hydrogen) atoms. The lowest BCUT2D eigenvalue weighted by Crippen LogP contribution is -2.39. The second-order valence-corrected chi connectivity index (χ2v) is 7.05. The van der Waals surface area contributed by atoms with Crippen molar-refractivity contribution in [3.8, 4) is 0 Å². The van der Waals surface area contributed by atoms with Crippen molar-refractivity contribution < 1.29 is 9.53 Å². The second kappa shape index (κ2) is 6.93. The van der Waals surface area contributed by atoms with E-state index in [1.54, 1.807) is 12.1 Å². The average molecular weight is 374 g/mol. The van der Waals surface area contributed by atoms with E-state index in [0.29, 0.717) is 23.3 Å². The van der Waals surface area contributed by atoms with Crippen LogP contribution in [0.1, 0.15) is 27.5 Å². The summed E-state index contributed by atoms with van der Waals surface area (Å²) in [6.45, 7) is 3.00. The van der Waals surface area contributed by atoms with Gasteiger partial charge in [-0.05, 0) is 29.3 Å². The van der Waals surface area contributed by atoms with Gasteiger partial charge in [-0.2, -0.15) is 0 Å². The van der Waals surface area contributed by atoms with Crippen LogP contribution in [0.5, 0.6) is 0 Å². The van der Waals surface area contributed by atoms with Crippen molar-refractivity contribution in [2.24, 2.45) is 0 Å². The van der Waals surface area contributed by atoms with Crippen LogP contribution < -0.4 is 0 Å². The van der Waals surface area contributed by atoms with Crippen molar-refractivity contribution in [2.75, 3.05) is 26.3 Å². The molecule has 2 aromatic carbocycles. The lowest BCUT2D eigenvalue weighted by Gasteiger charge is -2.33. The number of Topliss-reactive ketones (excluding diaryl/α,β-unsaturated/α-hetero) is 1. The van der Waals surface area contributed by atoms with Gasteiger partial charge in [0.05, 0.1) is 29.3 Å². The zero-order chi connectivity index (χ0) is 17.4. The molecule has 1 aliphatic heterocycles. The van der Waals surface area contributed by atoms with E-state index in [9.17, 15) is 4.79 Å². The summed E-state index contributed by atoms with van der Waals surface area (Å²) in [5, 5.41) is 0.997. The number of morpholine rings is 1. The first-order chi connectivity index (χ1) is 12.1. The number of hydrogen-bond acceptors (Lipinski definition) is 3. The van der Waals surface area contributed by atoms with Gasteiger partial charge in [-0.25, -0.2) is 0 Å². The Morgan fingerprint density at radius 3 is 2.56 bits per heavy atom. The maximum atomic E-state index is 13.0. The number of rotatable bonds is 2. The molecule has 1 unspecified atom stereocenters. The molecule has 1 saturated heterocycles. The van der Waals surface area contributed by atoms with Crippen LogP contribution in [0.15, 0.2) is 48.0 Å². The highest BCUT2D eigenvalue weighted by molar-refractivity contribution is 6.42. The fourth-order valence-corrected chi connectivity index (χ4v) is 3.85. The van der Waals surface area contributed by atoms with Crippen molar-refractivity contribution in [2.45, 2.75) is 6.04 Å². The van der Waals surface area contributed by atoms with Crippen molar-refractivity contribution in [1.29, 1.82) is 0 Å². The van der Waals surface area contributed by atoms with E-state index in [0.717, 1.165) is 35.4 Å². The van der Waals surface area contributed by atoms with E-state index < -0.39 is 0 Å². The molecule has 0 amide bonds. The molecule has 1 aliphatic carbocycles. The zero-order valence-electron chi connectivity index (χ0n) is 13.5. The predicted octanol–water partition coefficient (Wildman–Crippen LogP) is 4.65. The van der Waals surface area contributed by atoms with Gasteiger partial charge in [0.1, 0.15) is 0 Å². The van der Waals surface area contributed by atoms with Crippen LogP contribution >= 0.6 is 23.2 Å². The number of halogens is 2. The van der Waals surface area contributed by atoms with Gasteiger partial charge < -0.3 is 4.74 Å². The monoisotopic (exact) mass is 373 g/mol. The topological polar surface area (TPSA) is 29.5 Å². The number of carbonyl (C=O) groups excluding carboxylic acids is 1. The summed E-state index contributed by atoms with van der Waals surface area (Å²) in [4.78, 5) is 15.3. The average Bonchev–Trinajstić information content (AvgIpc) is 2.91. The third-order valence-electron chi connectivity index (χ3n) is 4.73. The van der Waals surface area contributed by atoms with Crippen molar-refractivity contribution in [3.05, 3.63) is 74.8 Å². The van der Waals surface area contributed by atoms with Gasteiger partial charge in [0.2, 0.25) is 0 Å². The third kappa shape index (κ3) is 3.13. The van der Waals surface area contributed by atoms with Crippen LogP contribution in [-0.2, 0) is 4.74 Å². The summed E-state index contributed by atoms with van der Waals surface area (Å²) in [5.74, 6) is 0.0816. The molecule has 3 nitrogen and oxygen atoms in total. The largest absolute Gasteiger partial charge is 0.379 e. The molecule has 2 aromatic rings. The first kappa shape index (κ1) is 16.8. The van der Waals surface area contributed by atoms with E-state index in [1.807, 2.05) is 36.4 Å². The van der Waals surface area contributed by atoms with Gasteiger partial charge in [0.15, 0.2) is 5.78 Å². The Morgan fingerprint density at radius 2 is 1.80 bits per heavy atom. The SMILES string of the molecule is O=C1/C(=C/c2ccc(Cl)c(Cl)c2)C(N2CCOCC2)c2ccccc21. The fraction of sp³-hybridized carbons (Fsp3) is 0.250. The quantitative estimate of drug-likeness (QED) is 0.717. The van der Waals surface area contributed by atoms with Gasteiger partial charge >= 0.3 is 0 Å². The predicted molar refractivity (Wildman–Crippen MR) is 100 cm³/mol.